The Morgan fingerprint density at radius 1 is 1.24 bits per heavy atom. The maximum Gasteiger partial charge on any atom is 0.153 e. The van der Waals surface area contributed by atoms with E-state index in [1.807, 2.05) is 0 Å². The number of nitrogens with zero attached hydrogens (tertiary/aromatic N) is 1. The molecule has 0 unspecified atom stereocenters. The number of aryl methyl sites for hydroxylation is 2. The Hall–Kier alpha value is -1.77. The van der Waals surface area contributed by atoms with Crippen molar-refractivity contribution in [2.45, 2.75) is 33.6 Å². The molecule has 2 aromatic rings. The lowest BCUT2D eigenvalue weighted by Crippen LogP contribution is -1.95. The highest BCUT2D eigenvalue weighted by Crippen LogP contribution is 2.34. The number of nitrogen functional groups attached to an aromatic ring is 1. The zero-order valence-corrected chi connectivity index (χ0v) is 10.8. The number of benzene rings is 1. The van der Waals surface area contributed by atoms with Crippen LogP contribution >= 0.6 is 0 Å². The van der Waals surface area contributed by atoms with Gasteiger partial charge < -0.3 is 5.73 Å². The number of hydrogen-bond donors (Lipinski definition) is 2. The number of aromatic nitrogens is 2. The molecule has 1 aromatic heterocycles. The second-order valence-corrected chi connectivity index (χ2v) is 4.87. The van der Waals surface area contributed by atoms with Crippen molar-refractivity contribution in [2.75, 3.05) is 5.73 Å². The molecule has 0 aliphatic heterocycles. The van der Waals surface area contributed by atoms with Gasteiger partial charge in [-0.15, -0.1) is 0 Å². The summed E-state index contributed by atoms with van der Waals surface area (Å²) in [5, 5.41) is 7.17. The first-order valence-corrected chi connectivity index (χ1v) is 5.92. The minimum atomic E-state index is 0.385. The fraction of sp³-hybridized carbons (Fsp3) is 0.357. The fourth-order valence-corrected chi connectivity index (χ4v) is 2.17. The molecule has 0 atom stereocenters. The van der Waals surface area contributed by atoms with Crippen LogP contribution in [0.15, 0.2) is 18.2 Å². The Balaban J connectivity index is 2.63. The highest BCUT2D eigenvalue weighted by molar-refractivity contribution is 5.79. The minimum Gasteiger partial charge on any atom is -0.382 e. The van der Waals surface area contributed by atoms with Crippen molar-refractivity contribution < 1.29 is 0 Å². The molecular weight excluding hydrogens is 210 g/mol. The number of rotatable bonds is 2. The van der Waals surface area contributed by atoms with E-state index in [0.717, 1.165) is 11.3 Å². The lowest BCUT2D eigenvalue weighted by molar-refractivity contribution is 0.812. The standard InChI is InChI=1S/C14H19N3/c1-8(2)13-12(14(15)17-16-13)11-6-5-9(3)7-10(11)4/h5-8H,1-4H3,(H3,15,16,17). The molecule has 0 spiro atoms. The van der Waals surface area contributed by atoms with Gasteiger partial charge in [-0.05, 0) is 30.9 Å². The van der Waals surface area contributed by atoms with Gasteiger partial charge in [0.15, 0.2) is 5.82 Å². The van der Waals surface area contributed by atoms with E-state index in [9.17, 15) is 0 Å². The number of H-pyrrole nitrogens is 1. The summed E-state index contributed by atoms with van der Waals surface area (Å²) in [6, 6.07) is 6.41. The van der Waals surface area contributed by atoms with Crippen LogP contribution in [-0.4, -0.2) is 10.2 Å². The van der Waals surface area contributed by atoms with Crippen LogP contribution in [0.4, 0.5) is 5.82 Å². The number of nitrogens with two attached hydrogens (primary N) is 1. The van der Waals surface area contributed by atoms with Gasteiger partial charge in [0.2, 0.25) is 0 Å². The summed E-state index contributed by atoms with van der Waals surface area (Å²) in [5.74, 6) is 0.969. The molecule has 0 saturated carbocycles. The molecule has 0 saturated heterocycles. The number of aromatic amines is 1. The van der Waals surface area contributed by atoms with Gasteiger partial charge in [-0.1, -0.05) is 37.6 Å². The zero-order valence-electron chi connectivity index (χ0n) is 10.8. The summed E-state index contributed by atoms with van der Waals surface area (Å²) in [4.78, 5) is 0. The van der Waals surface area contributed by atoms with Crippen LogP contribution in [0, 0.1) is 13.8 Å². The maximum absolute atomic E-state index is 5.98. The van der Waals surface area contributed by atoms with Crippen LogP contribution in [0.25, 0.3) is 11.1 Å². The van der Waals surface area contributed by atoms with Crippen LogP contribution in [0.1, 0.15) is 36.6 Å². The van der Waals surface area contributed by atoms with Crippen molar-refractivity contribution in [3.8, 4) is 11.1 Å². The molecule has 1 heterocycles. The van der Waals surface area contributed by atoms with Crippen molar-refractivity contribution in [3.63, 3.8) is 0 Å². The van der Waals surface area contributed by atoms with Gasteiger partial charge in [0.1, 0.15) is 0 Å². The molecule has 0 aliphatic carbocycles. The third kappa shape index (κ3) is 2.05. The van der Waals surface area contributed by atoms with Gasteiger partial charge in [-0.25, -0.2) is 0 Å². The molecule has 3 nitrogen and oxygen atoms in total. The molecule has 3 heteroatoms. The third-order valence-electron chi connectivity index (χ3n) is 3.05. The van der Waals surface area contributed by atoms with E-state index in [-0.39, 0.29) is 0 Å². The summed E-state index contributed by atoms with van der Waals surface area (Å²) < 4.78 is 0. The van der Waals surface area contributed by atoms with E-state index in [0.29, 0.717) is 11.7 Å². The van der Waals surface area contributed by atoms with Crippen molar-refractivity contribution in [2.24, 2.45) is 0 Å². The monoisotopic (exact) mass is 229 g/mol. The summed E-state index contributed by atoms with van der Waals surface area (Å²) in [5.41, 5.74) is 11.8. The van der Waals surface area contributed by atoms with Crippen molar-refractivity contribution in [3.05, 3.63) is 35.0 Å². The number of anilines is 1. The number of nitrogens with one attached hydrogen (secondary N) is 1. The molecule has 2 rings (SSSR count). The quantitative estimate of drug-likeness (QED) is 0.829. The average Bonchev–Trinajstić information content (AvgIpc) is 2.60. The summed E-state index contributed by atoms with van der Waals surface area (Å²) in [6.07, 6.45) is 0. The van der Waals surface area contributed by atoms with E-state index in [1.165, 1.54) is 16.7 Å². The van der Waals surface area contributed by atoms with Gasteiger partial charge in [0.25, 0.3) is 0 Å². The Bertz CT molecular complexity index is 538. The van der Waals surface area contributed by atoms with E-state index in [1.54, 1.807) is 0 Å². The van der Waals surface area contributed by atoms with Crippen molar-refractivity contribution in [1.29, 1.82) is 0 Å². The van der Waals surface area contributed by atoms with Gasteiger partial charge >= 0.3 is 0 Å². The lowest BCUT2D eigenvalue weighted by Gasteiger charge is -2.10. The third-order valence-corrected chi connectivity index (χ3v) is 3.05. The van der Waals surface area contributed by atoms with E-state index in [2.05, 4.69) is 56.1 Å². The van der Waals surface area contributed by atoms with Crippen LogP contribution < -0.4 is 5.73 Å². The van der Waals surface area contributed by atoms with E-state index >= 15 is 0 Å². The van der Waals surface area contributed by atoms with Gasteiger partial charge in [-0.3, -0.25) is 5.10 Å². The van der Waals surface area contributed by atoms with Crippen molar-refractivity contribution >= 4 is 5.82 Å². The Kier molecular flexibility index (Phi) is 2.92. The van der Waals surface area contributed by atoms with E-state index < -0.39 is 0 Å². The largest absolute Gasteiger partial charge is 0.382 e. The van der Waals surface area contributed by atoms with Crippen LogP contribution in [0.5, 0.6) is 0 Å². The molecule has 0 fully saturated rings. The second-order valence-electron chi connectivity index (χ2n) is 4.87. The highest BCUT2D eigenvalue weighted by atomic mass is 15.2. The molecule has 0 amide bonds. The molecule has 3 N–H and O–H groups in total. The van der Waals surface area contributed by atoms with Crippen LogP contribution in [-0.2, 0) is 0 Å². The Morgan fingerprint density at radius 2 is 1.94 bits per heavy atom. The predicted molar refractivity (Wildman–Crippen MR) is 72.0 cm³/mol. The molecule has 90 valence electrons. The summed E-state index contributed by atoms with van der Waals surface area (Å²) in [6.45, 7) is 8.48. The average molecular weight is 229 g/mol. The maximum atomic E-state index is 5.98. The zero-order chi connectivity index (χ0) is 12.6. The first-order valence-electron chi connectivity index (χ1n) is 5.92. The van der Waals surface area contributed by atoms with Crippen molar-refractivity contribution in [1.82, 2.24) is 10.2 Å². The minimum absolute atomic E-state index is 0.385. The lowest BCUT2D eigenvalue weighted by atomic mass is 9.95. The molecule has 0 bridgehead atoms. The molecular formula is C14H19N3. The predicted octanol–water partition coefficient (Wildman–Crippen LogP) is 3.40. The number of hydrogen-bond acceptors (Lipinski definition) is 2. The smallest absolute Gasteiger partial charge is 0.153 e. The van der Waals surface area contributed by atoms with E-state index in [4.69, 9.17) is 5.73 Å². The molecule has 17 heavy (non-hydrogen) atoms. The summed E-state index contributed by atoms with van der Waals surface area (Å²) in [7, 11) is 0. The van der Waals surface area contributed by atoms with Gasteiger partial charge in [-0.2, -0.15) is 5.10 Å². The van der Waals surface area contributed by atoms with Crippen LogP contribution in [0.2, 0.25) is 0 Å². The Morgan fingerprint density at radius 3 is 2.53 bits per heavy atom. The topological polar surface area (TPSA) is 54.7 Å². The highest BCUT2D eigenvalue weighted by Gasteiger charge is 2.16. The normalized spacial score (nSPS) is 11.1. The SMILES string of the molecule is Cc1ccc(-c2c(N)n[nH]c2C(C)C)c(C)c1. The first-order chi connectivity index (χ1) is 8.00. The Labute approximate surface area is 102 Å². The first kappa shape index (κ1) is 11.7. The van der Waals surface area contributed by atoms with Gasteiger partial charge in [0.05, 0.1) is 0 Å². The molecule has 0 radical (unpaired) electrons. The van der Waals surface area contributed by atoms with Crippen LogP contribution in [0.3, 0.4) is 0 Å². The summed E-state index contributed by atoms with van der Waals surface area (Å²) >= 11 is 0. The second kappa shape index (κ2) is 4.24. The van der Waals surface area contributed by atoms with Gasteiger partial charge in [0, 0.05) is 11.3 Å². The molecule has 1 aromatic carbocycles. The molecule has 0 aliphatic rings. The fourth-order valence-electron chi connectivity index (χ4n) is 2.17.